The predicted octanol–water partition coefficient (Wildman–Crippen LogP) is 3.41. The highest BCUT2D eigenvalue weighted by Crippen LogP contribution is 2.33. The molecule has 0 aliphatic heterocycles. The Morgan fingerprint density at radius 2 is 1.50 bits per heavy atom. The van der Waals surface area contributed by atoms with E-state index in [0.717, 1.165) is 5.39 Å². The molecule has 0 saturated heterocycles. The highest BCUT2D eigenvalue weighted by molar-refractivity contribution is 5.91. The summed E-state index contributed by atoms with van der Waals surface area (Å²) >= 11 is 0. The third-order valence-electron chi connectivity index (χ3n) is 4.05. The number of benzene rings is 3. The summed E-state index contributed by atoms with van der Waals surface area (Å²) in [6, 6.07) is 19.8. The maximum atomic E-state index is 10.8. The Morgan fingerprint density at radius 1 is 0.833 bits per heavy atom. The van der Waals surface area contributed by atoms with Gasteiger partial charge in [-0.05, 0) is 29.1 Å². The summed E-state index contributed by atoms with van der Waals surface area (Å²) in [6.45, 7) is -0.0927. The van der Waals surface area contributed by atoms with E-state index in [1.54, 1.807) is 18.2 Å². The minimum absolute atomic E-state index is 0.0927. The molecule has 0 bridgehead atoms. The lowest BCUT2D eigenvalue weighted by atomic mass is 9.95. The van der Waals surface area contributed by atoms with Crippen LogP contribution in [0.4, 0.5) is 0 Å². The quantitative estimate of drug-likeness (QED) is 0.650. The Kier molecular flexibility index (Phi) is 4.99. The van der Waals surface area contributed by atoms with Crippen LogP contribution in [0.2, 0.25) is 0 Å². The van der Waals surface area contributed by atoms with E-state index in [1.807, 2.05) is 48.5 Å². The van der Waals surface area contributed by atoms with Gasteiger partial charge in [-0.1, -0.05) is 48.5 Å². The van der Waals surface area contributed by atoms with Crippen molar-refractivity contribution in [3.8, 4) is 11.5 Å². The predicted molar refractivity (Wildman–Crippen MR) is 93.1 cm³/mol. The van der Waals surface area contributed by atoms with Gasteiger partial charge in [-0.15, -0.1) is 0 Å². The summed E-state index contributed by atoms with van der Waals surface area (Å²) in [5.74, 6) is 0.808. The SMILES string of the molecule is OCC[C@H](Oc1ccccc1)[C@@H](O)c1ccc(O)c2ccccc12. The smallest absolute Gasteiger partial charge is 0.131 e. The summed E-state index contributed by atoms with van der Waals surface area (Å²) in [4.78, 5) is 0. The Morgan fingerprint density at radius 3 is 2.21 bits per heavy atom. The Hall–Kier alpha value is -2.56. The van der Waals surface area contributed by atoms with Crippen LogP contribution >= 0.6 is 0 Å². The van der Waals surface area contributed by atoms with Gasteiger partial charge in [-0.25, -0.2) is 0 Å². The molecular formula is C20H20O4. The first-order chi connectivity index (χ1) is 11.7. The van der Waals surface area contributed by atoms with E-state index in [2.05, 4.69) is 0 Å². The van der Waals surface area contributed by atoms with Gasteiger partial charge in [0.05, 0.1) is 0 Å². The first-order valence-electron chi connectivity index (χ1n) is 7.92. The van der Waals surface area contributed by atoms with Crippen LogP contribution in [-0.4, -0.2) is 28.0 Å². The van der Waals surface area contributed by atoms with Gasteiger partial charge in [0.15, 0.2) is 0 Å². The van der Waals surface area contributed by atoms with Gasteiger partial charge in [-0.3, -0.25) is 0 Å². The third kappa shape index (κ3) is 3.35. The molecule has 0 amide bonds. The number of rotatable bonds is 6. The molecular weight excluding hydrogens is 304 g/mol. The Balaban J connectivity index is 1.96. The average Bonchev–Trinajstić information content (AvgIpc) is 2.62. The van der Waals surface area contributed by atoms with Crippen LogP contribution in [0.25, 0.3) is 10.8 Å². The third-order valence-corrected chi connectivity index (χ3v) is 4.05. The number of ether oxygens (including phenoxy) is 1. The number of phenolic OH excluding ortho intramolecular Hbond substituents is 1. The van der Waals surface area contributed by atoms with Crippen molar-refractivity contribution in [1.29, 1.82) is 0 Å². The van der Waals surface area contributed by atoms with Crippen molar-refractivity contribution in [2.75, 3.05) is 6.61 Å². The molecule has 0 unspecified atom stereocenters. The number of hydrogen-bond acceptors (Lipinski definition) is 4. The molecule has 0 saturated carbocycles. The molecule has 0 heterocycles. The van der Waals surface area contributed by atoms with Gasteiger partial charge in [0.1, 0.15) is 23.7 Å². The molecule has 3 aromatic carbocycles. The van der Waals surface area contributed by atoms with Crippen LogP contribution in [0, 0.1) is 0 Å². The lowest BCUT2D eigenvalue weighted by Crippen LogP contribution is -2.26. The molecule has 0 aromatic heterocycles. The number of para-hydroxylation sites is 1. The van der Waals surface area contributed by atoms with Gasteiger partial charge < -0.3 is 20.1 Å². The van der Waals surface area contributed by atoms with Gasteiger partial charge in [0.2, 0.25) is 0 Å². The molecule has 4 nitrogen and oxygen atoms in total. The van der Waals surface area contributed by atoms with Crippen molar-refractivity contribution < 1.29 is 20.1 Å². The highest BCUT2D eigenvalue weighted by Gasteiger charge is 2.24. The van der Waals surface area contributed by atoms with Crippen molar-refractivity contribution >= 4 is 10.8 Å². The van der Waals surface area contributed by atoms with Gasteiger partial charge in [0.25, 0.3) is 0 Å². The molecule has 0 radical (unpaired) electrons. The second kappa shape index (κ2) is 7.34. The Labute approximate surface area is 140 Å². The first kappa shape index (κ1) is 16.3. The second-order valence-electron chi connectivity index (χ2n) is 5.65. The summed E-state index contributed by atoms with van der Waals surface area (Å²) in [5.41, 5.74) is 0.665. The first-order valence-corrected chi connectivity index (χ1v) is 7.92. The molecule has 24 heavy (non-hydrogen) atoms. The van der Waals surface area contributed by atoms with Gasteiger partial charge >= 0.3 is 0 Å². The average molecular weight is 324 g/mol. The zero-order chi connectivity index (χ0) is 16.9. The summed E-state index contributed by atoms with van der Waals surface area (Å²) in [7, 11) is 0. The fraction of sp³-hybridized carbons (Fsp3) is 0.200. The number of aromatic hydroxyl groups is 1. The number of phenols is 1. The second-order valence-corrected chi connectivity index (χ2v) is 5.65. The monoisotopic (exact) mass is 324 g/mol. The minimum Gasteiger partial charge on any atom is -0.507 e. The topological polar surface area (TPSA) is 69.9 Å². The molecule has 2 atom stereocenters. The van der Waals surface area contributed by atoms with E-state index in [1.165, 1.54) is 0 Å². The molecule has 0 aliphatic carbocycles. The van der Waals surface area contributed by atoms with Gasteiger partial charge in [0, 0.05) is 18.4 Å². The van der Waals surface area contributed by atoms with Crippen molar-refractivity contribution in [1.82, 2.24) is 0 Å². The number of fused-ring (bicyclic) bond motifs is 1. The van der Waals surface area contributed by atoms with Crippen LogP contribution < -0.4 is 4.74 Å². The molecule has 0 spiro atoms. The lowest BCUT2D eigenvalue weighted by Gasteiger charge is -2.25. The molecule has 0 aliphatic rings. The maximum Gasteiger partial charge on any atom is 0.131 e. The standard InChI is InChI=1S/C20H20O4/c21-13-12-19(24-14-6-2-1-3-7-14)20(23)17-10-11-18(22)16-9-5-4-8-15(16)17/h1-11,19-23H,12-13H2/t19-,20-/m0/s1. The zero-order valence-electron chi connectivity index (χ0n) is 13.2. The normalized spacial score (nSPS) is 13.6. The fourth-order valence-corrected chi connectivity index (χ4v) is 2.85. The molecule has 4 heteroatoms. The van der Waals surface area contributed by atoms with Crippen LogP contribution in [0.5, 0.6) is 11.5 Å². The van der Waals surface area contributed by atoms with E-state index in [-0.39, 0.29) is 12.4 Å². The van der Waals surface area contributed by atoms with E-state index in [9.17, 15) is 15.3 Å². The number of hydrogen-bond donors (Lipinski definition) is 3. The highest BCUT2D eigenvalue weighted by atomic mass is 16.5. The van der Waals surface area contributed by atoms with Crippen LogP contribution in [0.1, 0.15) is 18.1 Å². The molecule has 0 fully saturated rings. The summed E-state index contributed by atoms with van der Waals surface area (Å²) < 4.78 is 5.88. The van der Waals surface area contributed by atoms with Crippen molar-refractivity contribution in [2.24, 2.45) is 0 Å². The summed E-state index contributed by atoms with van der Waals surface area (Å²) in [5, 5.41) is 31.6. The summed E-state index contributed by atoms with van der Waals surface area (Å²) in [6.07, 6.45) is -1.22. The largest absolute Gasteiger partial charge is 0.507 e. The van der Waals surface area contributed by atoms with Crippen molar-refractivity contribution in [2.45, 2.75) is 18.6 Å². The van der Waals surface area contributed by atoms with Crippen LogP contribution in [-0.2, 0) is 0 Å². The maximum absolute atomic E-state index is 10.8. The zero-order valence-corrected chi connectivity index (χ0v) is 13.2. The van der Waals surface area contributed by atoms with Crippen molar-refractivity contribution in [3.05, 3.63) is 72.3 Å². The minimum atomic E-state index is -0.928. The van der Waals surface area contributed by atoms with E-state index >= 15 is 0 Å². The van der Waals surface area contributed by atoms with E-state index < -0.39 is 12.2 Å². The Bertz CT molecular complexity index is 801. The molecule has 3 aromatic rings. The van der Waals surface area contributed by atoms with Crippen LogP contribution in [0.3, 0.4) is 0 Å². The van der Waals surface area contributed by atoms with Crippen molar-refractivity contribution in [3.63, 3.8) is 0 Å². The van der Waals surface area contributed by atoms with Crippen LogP contribution in [0.15, 0.2) is 66.7 Å². The lowest BCUT2D eigenvalue weighted by molar-refractivity contribution is 0.0213. The molecule has 3 rings (SSSR count). The number of aliphatic hydroxyl groups is 2. The molecule has 3 N–H and O–H groups in total. The number of aliphatic hydroxyl groups excluding tert-OH is 2. The van der Waals surface area contributed by atoms with E-state index in [4.69, 9.17) is 4.74 Å². The fourth-order valence-electron chi connectivity index (χ4n) is 2.85. The van der Waals surface area contributed by atoms with Gasteiger partial charge in [-0.2, -0.15) is 0 Å². The molecule has 124 valence electrons. The van der Waals surface area contributed by atoms with E-state index in [0.29, 0.717) is 23.1 Å².